The minimum absolute atomic E-state index is 0.0345. The predicted molar refractivity (Wildman–Crippen MR) is 114 cm³/mol. The van der Waals surface area contributed by atoms with Crippen molar-refractivity contribution in [3.8, 4) is 0 Å². The number of nitrogens with one attached hydrogen (secondary N) is 1. The Labute approximate surface area is 175 Å². The number of rotatable bonds is 7. The van der Waals surface area contributed by atoms with Crippen LogP contribution in [0.2, 0.25) is 0 Å². The van der Waals surface area contributed by atoms with Gasteiger partial charge in [-0.3, -0.25) is 9.10 Å². The Bertz CT molecular complexity index is 1120. The van der Waals surface area contributed by atoms with Gasteiger partial charge in [-0.2, -0.15) is 0 Å². The van der Waals surface area contributed by atoms with E-state index in [4.69, 9.17) is 4.74 Å². The topological polar surface area (TPSA) is 92.8 Å². The first-order chi connectivity index (χ1) is 14.4. The van der Waals surface area contributed by atoms with Gasteiger partial charge in [0, 0.05) is 12.7 Å². The molecule has 30 heavy (non-hydrogen) atoms. The van der Waals surface area contributed by atoms with Crippen LogP contribution in [0.25, 0.3) is 0 Å². The number of benzene rings is 3. The van der Waals surface area contributed by atoms with Crippen LogP contribution in [0.3, 0.4) is 0 Å². The lowest BCUT2D eigenvalue weighted by Crippen LogP contribution is -2.26. The van der Waals surface area contributed by atoms with Crippen LogP contribution in [0.5, 0.6) is 0 Å². The molecule has 0 aliphatic rings. The van der Waals surface area contributed by atoms with Gasteiger partial charge in [-0.1, -0.05) is 36.4 Å². The van der Waals surface area contributed by atoms with E-state index in [0.717, 1.165) is 4.31 Å². The molecule has 0 atom stereocenters. The smallest absolute Gasteiger partial charge is 0.338 e. The summed E-state index contributed by atoms with van der Waals surface area (Å²) in [5.41, 5.74) is 1.25. The van der Waals surface area contributed by atoms with Crippen LogP contribution in [-0.2, 0) is 19.6 Å². The maximum Gasteiger partial charge on any atom is 0.338 e. The Balaban J connectivity index is 1.62. The highest BCUT2D eigenvalue weighted by atomic mass is 32.2. The highest BCUT2D eigenvalue weighted by Crippen LogP contribution is 2.22. The third-order valence-electron chi connectivity index (χ3n) is 4.26. The van der Waals surface area contributed by atoms with Gasteiger partial charge in [0.05, 0.1) is 16.1 Å². The quantitative estimate of drug-likeness (QED) is 0.588. The Hall–Kier alpha value is -3.65. The lowest BCUT2D eigenvalue weighted by Gasteiger charge is -2.19. The first-order valence-corrected chi connectivity index (χ1v) is 10.5. The molecule has 154 valence electrons. The molecule has 0 unspecified atom stereocenters. The Morgan fingerprint density at radius 2 is 1.43 bits per heavy atom. The molecule has 0 spiro atoms. The molecule has 0 saturated heterocycles. The molecule has 0 aliphatic carbocycles. The van der Waals surface area contributed by atoms with Crippen LogP contribution in [0.1, 0.15) is 10.4 Å². The average Bonchev–Trinajstić information content (AvgIpc) is 2.78. The zero-order valence-corrected chi connectivity index (χ0v) is 17.0. The third kappa shape index (κ3) is 5.03. The largest absolute Gasteiger partial charge is 0.452 e. The van der Waals surface area contributed by atoms with Crippen LogP contribution in [0.15, 0.2) is 89.8 Å². The number of carbonyl (C=O) groups is 2. The molecular formula is C22H20N2O5S. The fraction of sp³-hybridized carbons (Fsp3) is 0.0909. The maximum atomic E-state index is 12.8. The van der Waals surface area contributed by atoms with Crippen LogP contribution < -0.4 is 9.62 Å². The highest BCUT2D eigenvalue weighted by Gasteiger charge is 2.21. The van der Waals surface area contributed by atoms with Gasteiger partial charge in [-0.05, 0) is 48.5 Å². The molecule has 0 radical (unpaired) electrons. The summed E-state index contributed by atoms with van der Waals surface area (Å²) in [6.07, 6.45) is 0. The first-order valence-electron chi connectivity index (χ1n) is 9.04. The minimum Gasteiger partial charge on any atom is -0.452 e. The van der Waals surface area contributed by atoms with Crippen molar-refractivity contribution >= 4 is 33.3 Å². The fourth-order valence-corrected chi connectivity index (χ4v) is 3.83. The molecule has 8 heteroatoms. The van der Waals surface area contributed by atoms with Crippen molar-refractivity contribution in [3.63, 3.8) is 0 Å². The lowest BCUT2D eigenvalue weighted by molar-refractivity contribution is -0.119. The number of amides is 1. The van der Waals surface area contributed by atoms with E-state index >= 15 is 0 Å². The second-order valence-electron chi connectivity index (χ2n) is 6.32. The predicted octanol–water partition coefficient (Wildman–Crippen LogP) is 3.31. The highest BCUT2D eigenvalue weighted by molar-refractivity contribution is 7.92. The van der Waals surface area contributed by atoms with E-state index in [1.165, 1.54) is 31.3 Å². The Morgan fingerprint density at radius 3 is 2.03 bits per heavy atom. The normalized spacial score (nSPS) is 10.8. The molecular weight excluding hydrogens is 404 g/mol. The lowest BCUT2D eigenvalue weighted by atomic mass is 10.2. The molecule has 1 amide bonds. The van der Waals surface area contributed by atoms with Crippen molar-refractivity contribution in [2.24, 2.45) is 0 Å². The Kier molecular flexibility index (Phi) is 6.48. The van der Waals surface area contributed by atoms with E-state index in [9.17, 15) is 18.0 Å². The maximum absolute atomic E-state index is 12.8. The van der Waals surface area contributed by atoms with E-state index < -0.39 is 28.5 Å². The number of para-hydroxylation sites is 2. The number of ether oxygens (including phenoxy) is 1. The zero-order valence-electron chi connectivity index (χ0n) is 16.2. The summed E-state index contributed by atoms with van der Waals surface area (Å²) in [4.78, 5) is 24.1. The SMILES string of the molecule is CN(c1ccccc1)S(=O)(=O)c1ccc(C(=O)OCC(=O)Nc2ccccc2)cc1. The van der Waals surface area contributed by atoms with Gasteiger partial charge in [0.1, 0.15) is 0 Å². The van der Waals surface area contributed by atoms with Crippen LogP contribution in [0.4, 0.5) is 11.4 Å². The second-order valence-corrected chi connectivity index (χ2v) is 8.29. The summed E-state index contributed by atoms with van der Waals surface area (Å²) >= 11 is 0. The van der Waals surface area contributed by atoms with Gasteiger partial charge in [0.15, 0.2) is 6.61 Å². The molecule has 0 aromatic heterocycles. The van der Waals surface area contributed by atoms with Crippen LogP contribution in [-0.4, -0.2) is 33.9 Å². The monoisotopic (exact) mass is 424 g/mol. The van der Waals surface area contributed by atoms with Crippen molar-refractivity contribution in [1.82, 2.24) is 0 Å². The molecule has 3 rings (SSSR count). The molecule has 0 heterocycles. The van der Waals surface area contributed by atoms with Gasteiger partial charge in [-0.25, -0.2) is 13.2 Å². The van der Waals surface area contributed by atoms with Crippen LogP contribution in [0, 0.1) is 0 Å². The van der Waals surface area contributed by atoms with Gasteiger partial charge >= 0.3 is 5.97 Å². The summed E-state index contributed by atoms with van der Waals surface area (Å²) in [6, 6.07) is 22.8. The van der Waals surface area contributed by atoms with Crippen molar-refractivity contribution < 1.29 is 22.7 Å². The van der Waals surface area contributed by atoms with Crippen molar-refractivity contribution in [3.05, 3.63) is 90.5 Å². The van der Waals surface area contributed by atoms with E-state index in [2.05, 4.69) is 5.32 Å². The molecule has 3 aromatic carbocycles. The van der Waals surface area contributed by atoms with Gasteiger partial charge in [0.2, 0.25) is 0 Å². The average molecular weight is 424 g/mol. The molecule has 0 saturated carbocycles. The van der Waals surface area contributed by atoms with Gasteiger partial charge in [-0.15, -0.1) is 0 Å². The summed E-state index contributed by atoms with van der Waals surface area (Å²) in [5.74, 6) is -1.20. The summed E-state index contributed by atoms with van der Waals surface area (Å²) < 4.78 is 31.7. The standard InChI is InChI=1S/C22H20N2O5S/c1-24(19-10-6-3-7-11-19)30(27,28)20-14-12-17(13-15-20)22(26)29-16-21(25)23-18-8-4-2-5-9-18/h2-15H,16H2,1H3,(H,23,25). The fourth-order valence-electron chi connectivity index (χ4n) is 2.63. The number of esters is 1. The van der Waals surface area contributed by atoms with Gasteiger partial charge < -0.3 is 10.1 Å². The number of hydrogen-bond acceptors (Lipinski definition) is 5. The Morgan fingerprint density at radius 1 is 0.867 bits per heavy atom. The van der Waals surface area contributed by atoms with E-state index in [1.807, 2.05) is 6.07 Å². The molecule has 7 nitrogen and oxygen atoms in total. The molecule has 0 fully saturated rings. The zero-order chi connectivity index (χ0) is 21.6. The molecule has 0 aliphatic heterocycles. The summed E-state index contributed by atoms with van der Waals surface area (Å²) in [5, 5.41) is 2.60. The third-order valence-corrected chi connectivity index (χ3v) is 6.06. The number of anilines is 2. The summed E-state index contributed by atoms with van der Waals surface area (Å²) in [6.45, 7) is -0.454. The molecule has 3 aromatic rings. The van der Waals surface area contributed by atoms with E-state index in [0.29, 0.717) is 11.4 Å². The summed E-state index contributed by atoms with van der Waals surface area (Å²) in [7, 11) is -2.32. The minimum atomic E-state index is -3.78. The number of nitrogens with zero attached hydrogens (tertiary/aromatic N) is 1. The van der Waals surface area contributed by atoms with Gasteiger partial charge in [0.25, 0.3) is 15.9 Å². The van der Waals surface area contributed by atoms with Crippen LogP contribution >= 0.6 is 0 Å². The van der Waals surface area contributed by atoms with E-state index in [-0.39, 0.29) is 10.5 Å². The van der Waals surface area contributed by atoms with Crippen molar-refractivity contribution in [1.29, 1.82) is 0 Å². The number of carbonyl (C=O) groups excluding carboxylic acids is 2. The second kappa shape index (κ2) is 9.23. The van der Waals surface area contributed by atoms with Crippen molar-refractivity contribution in [2.45, 2.75) is 4.90 Å². The number of sulfonamides is 1. The first kappa shape index (κ1) is 21.1. The van der Waals surface area contributed by atoms with Crippen molar-refractivity contribution in [2.75, 3.05) is 23.3 Å². The van der Waals surface area contributed by atoms with E-state index in [1.54, 1.807) is 54.6 Å². The molecule has 0 bridgehead atoms. The molecule has 1 N–H and O–H groups in total. The number of hydrogen-bond donors (Lipinski definition) is 1.